The Hall–Kier alpha value is -1.35. The summed E-state index contributed by atoms with van der Waals surface area (Å²) in [6.45, 7) is 7.78. The summed E-state index contributed by atoms with van der Waals surface area (Å²) < 4.78 is 0. The van der Waals surface area contributed by atoms with Crippen molar-refractivity contribution in [3.05, 3.63) is 46.5 Å². The smallest absolute Gasteiger partial charge is 0.183 e. The van der Waals surface area contributed by atoms with Gasteiger partial charge >= 0.3 is 0 Å². The SMILES string of the molecule is CCCCCCc1sc(NCCc2ccccc2)nc1CC(C)C. The van der Waals surface area contributed by atoms with Crippen molar-refractivity contribution < 1.29 is 0 Å². The maximum Gasteiger partial charge on any atom is 0.183 e. The molecule has 0 radical (unpaired) electrons. The van der Waals surface area contributed by atoms with Gasteiger partial charge in [-0.1, -0.05) is 70.4 Å². The third kappa shape index (κ3) is 6.64. The lowest BCUT2D eigenvalue weighted by Gasteiger charge is -2.04. The van der Waals surface area contributed by atoms with Crippen molar-refractivity contribution in [1.82, 2.24) is 4.98 Å². The number of hydrogen-bond donors (Lipinski definition) is 1. The summed E-state index contributed by atoms with van der Waals surface area (Å²) in [5, 5.41) is 4.64. The number of aryl methyl sites for hydroxylation is 1. The van der Waals surface area contributed by atoms with Crippen LogP contribution in [0.3, 0.4) is 0 Å². The minimum absolute atomic E-state index is 0.665. The van der Waals surface area contributed by atoms with Gasteiger partial charge in [0.2, 0.25) is 0 Å². The highest BCUT2D eigenvalue weighted by Gasteiger charge is 2.12. The lowest BCUT2D eigenvalue weighted by Crippen LogP contribution is -2.05. The Kier molecular flexibility index (Phi) is 8.31. The number of nitrogens with one attached hydrogen (secondary N) is 1. The molecular weight excluding hydrogens is 312 g/mol. The molecule has 0 unspecified atom stereocenters. The van der Waals surface area contributed by atoms with E-state index in [1.165, 1.54) is 48.2 Å². The number of benzene rings is 1. The highest BCUT2D eigenvalue weighted by molar-refractivity contribution is 7.15. The third-order valence-electron chi connectivity index (χ3n) is 4.17. The first-order chi connectivity index (χ1) is 11.7. The molecule has 0 aliphatic carbocycles. The zero-order chi connectivity index (χ0) is 17.2. The summed E-state index contributed by atoms with van der Waals surface area (Å²) in [6, 6.07) is 10.7. The van der Waals surface area contributed by atoms with E-state index in [0.717, 1.165) is 24.5 Å². The number of aromatic nitrogens is 1. The second-order valence-electron chi connectivity index (χ2n) is 6.96. The van der Waals surface area contributed by atoms with E-state index in [1.807, 2.05) is 11.3 Å². The number of anilines is 1. The molecule has 0 saturated heterocycles. The predicted octanol–water partition coefficient (Wildman–Crippen LogP) is 6.12. The summed E-state index contributed by atoms with van der Waals surface area (Å²) in [4.78, 5) is 6.39. The van der Waals surface area contributed by atoms with Crippen molar-refractivity contribution in [3.63, 3.8) is 0 Å². The summed E-state index contributed by atoms with van der Waals surface area (Å²) in [5.41, 5.74) is 2.71. The number of hydrogen-bond acceptors (Lipinski definition) is 3. The average Bonchev–Trinajstić information content (AvgIpc) is 2.94. The molecule has 0 aliphatic rings. The molecule has 0 atom stereocenters. The molecule has 24 heavy (non-hydrogen) atoms. The largest absolute Gasteiger partial charge is 0.361 e. The topological polar surface area (TPSA) is 24.9 Å². The molecule has 2 rings (SSSR count). The minimum atomic E-state index is 0.665. The van der Waals surface area contributed by atoms with Gasteiger partial charge in [-0.05, 0) is 37.2 Å². The lowest BCUT2D eigenvalue weighted by atomic mass is 10.0. The summed E-state index contributed by atoms with van der Waals surface area (Å²) in [6.07, 6.45) is 8.62. The van der Waals surface area contributed by atoms with E-state index in [-0.39, 0.29) is 0 Å². The molecule has 0 aliphatic heterocycles. The van der Waals surface area contributed by atoms with Crippen LogP contribution in [0.5, 0.6) is 0 Å². The molecule has 0 amide bonds. The lowest BCUT2D eigenvalue weighted by molar-refractivity contribution is 0.626. The molecular formula is C21H32N2S. The van der Waals surface area contributed by atoms with Crippen LogP contribution in [-0.4, -0.2) is 11.5 Å². The first-order valence-electron chi connectivity index (χ1n) is 9.45. The molecule has 0 saturated carbocycles. The van der Waals surface area contributed by atoms with Gasteiger partial charge in [-0.25, -0.2) is 4.98 Å². The highest BCUT2D eigenvalue weighted by atomic mass is 32.1. The van der Waals surface area contributed by atoms with Gasteiger partial charge in [0.05, 0.1) is 5.69 Å². The van der Waals surface area contributed by atoms with Crippen LogP contribution >= 0.6 is 11.3 Å². The van der Waals surface area contributed by atoms with Crippen LogP contribution < -0.4 is 5.32 Å². The second kappa shape index (κ2) is 10.5. The van der Waals surface area contributed by atoms with Crippen molar-refractivity contribution in [1.29, 1.82) is 0 Å². The summed E-state index contributed by atoms with van der Waals surface area (Å²) in [5.74, 6) is 0.665. The van der Waals surface area contributed by atoms with Crippen LogP contribution in [0.4, 0.5) is 5.13 Å². The number of rotatable bonds is 11. The van der Waals surface area contributed by atoms with Gasteiger partial charge < -0.3 is 5.32 Å². The fourth-order valence-corrected chi connectivity index (χ4v) is 3.93. The van der Waals surface area contributed by atoms with Crippen molar-refractivity contribution in [3.8, 4) is 0 Å². The van der Waals surface area contributed by atoms with E-state index < -0.39 is 0 Å². The maximum absolute atomic E-state index is 4.89. The quantitative estimate of drug-likeness (QED) is 0.497. The molecule has 2 nitrogen and oxygen atoms in total. The molecule has 1 heterocycles. The Morgan fingerprint density at radius 3 is 2.54 bits per heavy atom. The molecule has 1 aromatic carbocycles. The molecule has 1 N–H and O–H groups in total. The van der Waals surface area contributed by atoms with Gasteiger partial charge in [0.15, 0.2) is 5.13 Å². The van der Waals surface area contributed by atoms with Crippen LogP contribution in [0.25, 0.3) is 0 Å². The van der Waals surface area contributed by atoms with Gasteiger partial charge in [0.1, 0.15) is 0 Å². The first kappa shape index (κ1) is 19.0. The van der Waals surface area contributed by atoms with Gasteiger partial charge in [0, 0.05) is 11.4 Å². The monoisotopic (exact) mass is 344 g/mol. The molecule has 0 bridgehead atoms. The molecule has 0 fully saturated rings. The van der Waals surface area contributed by atoms with Crippen LogP contribution in [0, 0.1) is 5.92 Å². The number of nitrogens with zero attached hydrogens (tertiary/aromatic N) is 1. The Morgan fingerprint density at radius 1 is 1.04 bits per heavy atom. The van der Waals surface area contributed by atoms with E-state index in [2.05, 4.69) is 56.4 Å². The van der Waals surface area contributed by atoms with E-state index in [4.69, 9.17) is 4.98 Å². The van der Waals surface area contributed by atoms with Gasteiger partial charge in [-0.3, -0.25) is 0 Å². The Bertz CT molecular complexity index is 575. The van der Waals surface area contributed by atoms with Crippen LogP contribution in [0.2, 0.25) is 0 Å². The molecule has 0 spiro atoms. The predicted molar refractivity (Wildman–Crippen MR) is 107 cm³/mol. The number of unbranched alkanes of at least 4 members (excludes halogenated alkanes) is 3. The third-order valence-corrected chi connectivity index (χ3v) is 5.29. The highest BCUT2D eigenvalue weighted by Crippen LogP contribution is 2.27. The second-order valence-corrected chi connectivity index (χ2v) is 8.04. The Morgan fingerprint density at radius 2 is 1.83 bits per heavy atom. The fraction of sp³-hybridized carbons (Fsp3) is 0.571. The minimum Gasteiger partial charge on any atom is -0.361 e. The summed E-state index contributed by atoms with van der Waals surface area (Å²) in [7, 11) is 0. The standard InChI is InChI=1S/C21H32N2S/c1-4-5-6-10-13-20-19(16-17(2)3)23-21(24-20)22-15-14-18-11-8-7-9-12-18/h7-9,11-12,17H,4-6,10,13-16H2,1-3H3,(H,22,23). The van der Waals surface area contributed by atoms with Gasteiger partial charge in [-0.2, -0.15) is 0 Å². The van der Waals surface area contributed by atoms with E-state index in [1.54, 1.807) is 0 Å². The van der Waals surface area contributed by atoms with Crippen molar-refractivity contribution >= 4 is 16.5 Å². The van der Waals surface area contributed by atoms with Crippen molar-refractivity contribution in [2.45, 2.75) is 65.7 Å². The van der Waals surface area contributed by atoms with E-state index in [0.29, 0.717) is 5.92 Å². The van der Waals surface area contributed by atoms with Crippen molar-refractivity contribution in [2.24, 2.45) is 5.92 Å². The molecule has 132 valence electrons. The zero-order valence-electron chi connectivity index (χ0n) is 15.5. The van der Waals surface area contributed by atoms with Crippen LogP contribution in [-0.2, 0) is 19.3 Å². The average molecular weight is 345 g/mol. The Balaban J connectivity index is 1.89. The maximum atomic E-state index is 4.89. The van der Waals surface area contributed by atoms with Crippen molar-refractivity contribution in [2.75, 3.05) is 11.9 Å². The van der Waals surface area contributed by atoms with E-state index >= 15 is 0 Å². The Labute approximate surface area is 151 Å². The fourth-order valence-electron chi connectivity index (χ4n) is 2.87. The molecule has 2 aromatic rings. The first-order valence-corrected chi connectivity index (χ1v) is 10.3. The summed E-state index contributed by atoms with van der Waals surface area (Å²) >= 11 is 1.87. The van der Waals surface area contributed by atoms with Gasteiger partial charge in [0.25, 0.3) is 0 Å². The van der Waals surface area contributed by atoms with E-state index in [9.17, 15) is 0 Å². The normalized spacial score (nSPS) is 11.2. The molecule has 3 heteroatoms. The van der Waals surface area contributed by atoms with Crippen LogP contribution in [0.15, 0.2) is 30.3 Å². The number of thiazole rings is 1. The van der Waals surface area contributed by atoms with Crippen LogP contribution in [0.1, 0.15) is 62.6 Å². The molecule has 1 aromatic heterocycles. The zero-order valence-corrected chi connectivity index (χ0v) is 16.3. The van der Waals surface area contributed by atoms with Gasteiger partial charge in [-0.15, -0.1) is 11.3 Å².